The van der Waals surface area contributed by atoms with E-state index in [4.69, 9.17) is 11.6 Å². The molecule has 0 fully saturated rings. The maximum atomic E-state index is 13.9. The third kappa shape index (κ3) is 6.71. The molecule has 0 aromatic heterocycles. The fraction of sp³-hybridized carbons (Fsp3) is 0.286. The molecule has 0 saturated heterocycles. The van der Waals surface area contributed by atoms with Crippen LogP contribution in [0.5, 0.6) is 0 Å². The van der Waals surface area contributed by atoms with Crippen molar-refractivity contribution in [1.29, 1.82) is 0 Å². The van der Waals surface area contributed by atoms with Gasteiger partial charge in [-0.2, -0.15) is 0 Å². The minimum absolute atomic E-state index is 0.0236. The molecule has 3 aromatic rings. The number of aryl methyl sites for hydroxylation is 1. The molecule has 1 atom stereocenters. The van der Waals surface area contributed by atoms with Crippen LogP contribution in [-0.4, -0.2) is 44.3 Å². The van der Waals surface area contributed by atoms with Gasteiger partial charge in [-0.3, -0.25) is 13.9 Å². The molecule has 10 heteroatoms. The SMILES string of the molecule is CCNC(=O)C(CC)N(Cc1ccccc1C)C(=O)CN(c1ccc(F)c(Cl)c1)S(=O)(=O)c1ccccc1. The van der Waals surface area contributed by atoms with Gasteiger partial charge in [-0.15, -0.1) is 0 Å². The molecule has 2 amide bonds. The second kappa shape index (κ2) is 12.9. The molecule has 0 radical (unpaired) electrons. The van der Waals surface area contributed by atoms with E-state index in [1.807, 2.05) is 31.2 Å². The van der Waals surface area contributed by atoms with Crippen molar-refractivity contribution in [2.75, 3.05) is 17.4 Å². The van der Waals surface area contributed by atoms with Crippen LogP contribution in [-0.2, 0) is 26.2 Å². The van der Waals surface area contributed by atoms with Gasteiger partial charge in [-0.1, -0.05) is 61.0 Å². The molecular formula is C28H31ClFN3O4S. The van der Waals surface area contributed by atoms with Crippen LogP contribution < -0.4 is 9.62 Å². The van der Waals surface area contributed by atoms with Crippen molar-refractivity contribution in [2.45, 2.75) is 44.7 Å². The van der Waals surface area contributed by atoms with E-state index in [9.17, 15) is 22.4 Å². The number of benzene rings is 3. The maximum Gasteiger partial charge on any atom is 0.264 e. The molecule has 0 saturated carbocycles. The van der Waals surface area contributed by atoms with Gasteiger partial charge in [0, 0.05) is 13.1 Å². The summed E-state index contributed by atoms with van der Waals surface area (Å²) in [4.78, 5) is 28.2. The lowest BCUT2D eigenvalue weighted by atomic mass is 10.1. The molecule has 202 valence electrons. The summed E-state index contributed by atoms with van der Waals surface area (Å²) in [6.45, 7) is 5.33. The number of hydrogen-bond donors (Lipinski definition) is 1. The number of rotatable bonds is 11. The Bertz CT molecular complexity index is 1390. The Balaban J connectivity index is 2.08. The number of anilines is 1. The van der Waals surface area contributed by atoms with Crippen LogP contribution in [0.2, 0.25) is 5.02 Å². The molecule has 0 aliphatic rings. The highest BCUT2D eigenvalue weighted by atomic mass is 35.5. The Labute approximate surface area is 228 Å². The maximum absolute atomic E-state index is 13.9. The molecule has 3 aromatic carbocycles. The highest BCUT2D eigenvalue weighted by Gasteiger charge is 2.33. The van der Waals surface area contributed by atoms with E-state index >= 15 is 0 Å². The van der Waals surface area contributed by atoms with Gasteiger partial charge in [0.15, 0.2) is 0 Å². The molecule has 0 heterocycles. The minimum Gasteiger partial charge on any atom is -0.355 e. The number of carbonyl (C=O) groups excluding carboxylic acids is 2. The highest BCUT2D eigenvalue weighted by molar-refractivity contribution is 7.92. The number of likely N-dealkylation sites (N-methyl/N-ethyl adjacent to an activating group) is 1. The Morgan fingerprint density at radius 2 is 1.66 bits per heavy atom. The van der Waals surface area contributed by atoms with Gasteiger partial charge >= 0.3 is 0 Å². The number of nitrogens with zero attached hydrogens (tertiary/aromatic N) is 2. The first-order valence-electron chi connectivity index (χ1n) is 12.2. The van der Waals surface area contributed by atoms with E-state index in [-0.39, 0.29) is 28.1 Å². The second-order valence-electron chi connectivity index (χ2n) is 8.69. The van der Waals surface area contributed by atoms with E-state index in [2.05, 4.69) is 5.32 Å². The van der Waals surface area contributed by atoms with Crippen molar-refractivity contribution < 1.29 is 22.4 Å². The normalized spacial score (nSPS) is 12.0. The van der Waals surface area contributed by atoms with Gasteiger partial charge in [0.25, 0.3) is 10.0 Å². The largest absolute Gasteiger partial charge is 0.355 e. The topological polar surface area (TPSA) is 86.8 Å². The van der Waals surface area contributed by atoms with Gasteiger partial charge in [0.1, 0.15) is 18.4 Å². The van der Waals surface area contributed by atoms with E-state index < -0.39 is 34.3 Å². The number of carbonyl (C=O) groups is 2. The third-order valence-corrected chi connectivity index (χ3v) is 8.22. The van der Waals surface area contributed by atoms with Crippen LogP contribution in [0.15, 0.2) is 77.7 Å². The Morgan fingerprint density at radius 1 is 1.00 bits per heavy atom. The van der Waals surface area contributed by atoms with Crippen molar-refractivity contribution in [3.63, 3.8) is 0 Å². The molecule has 0 bridgehead atoms. The lowest BCUT2D eigenvalue weighted by molar-refractivity contribution is -0.140. The summed E-state index contributed by atoms with van der Waals surface area (Å²) in [6.07, 6.45) is 0.317. The molecule has 7 nitrogen and oxygen atoms in total. The first kappa shape index (κ1) is 29.1. The summed E-state index contributed by atoms with van der Waals surface area (Å²) in [6, 6.07) is 17.7. The van der Waals surface area contributed by atoms with E-state index in [0.717, 1.165) is 27.6 Å². The molecule has 0 aliphatic heterocycles. The highest BCUT2D eigenvalue weighted by Crippen LogP contribution is 2.28. The van der Waals surface area contributed by atoms with Crippen LogP contribution in [0.25, 0.3) is 0 Å². The van der Waals surface area contributed by atoms with Crippen molar-refractivity contribution >= 4 is 39.1 Å². The number of halogens is 2. The lowest BCUT2D eigenvalue weighted by Gasteiger charge is -2.33. The molecule has 1 unspecified atom stereocenters. The predicted molar refractivity (Wildman–Crippen MR) is 147 cm³/mol. The third-order valence-electron chi connectivity index (χ3n) is 6.14. The zero-order chi connectivity index (χ0) is 27.9. The van der Waals surface area contributed by atoms with E-state index in [1.54, 1.807) is 32.0 Å². The van der Waals surface area contributed by atoms with Crippen LogP contribution in [0.1, 0.15) is 31.4 Å². The molecule has 0 aliphatic carbocycles. The quantitative estimate of drug-likeness (QED) is 0.361. The first-order chi connectivity index (χ1) is 18.1. The number of hydrogen-bond acceptors (Lipinski definition) is 4. The van der Waals surface area contributed by atoms with E-state index in [0.29, 0.717) is 13.0 Å². The molecule has 38 heavy (non-hydrogen) atoms. The second-order valence-corrected chi connectivity index (χ2v) is 11.0. The Hall–Kier alpha value is -3.43. The van der Waals surface area contributed by atoms with Gasteiger partial charge in [0.05, 0.1) is 15.6 Å². The molecular weight excluding hydrogens is 529 g/mol. The van der Waals surface area contributed by atoms with Crippen LogP contribution in [0.4, 0.5) is 10.1 Å². The summed E-state index contributed by atoms with van der Waals surface area (Å²) in [5.74, 6) is -1.65. The van der Waals surface area contributed by atoms with E-state index in [1.165, 1.54) is 23.1 Å². The first-order valence-corrected chi connectivity index (χ1v) is 14.1. The van der Waals surface area contributed by atoms with Crippen molar-refractivity contribution in [2.24, 2.45) is 0 Å². The molecule has 3 rings (SSSR count). The number of amides is 2. The fourth-order valence-corrected chi connectivity index (χ4v) is 5.67. The summed E-state index contributed by atoms with van der Waals surface area (Å²) >= 11 is 5.98. The zero-order valence-electron chi connectivity index (χ0n) is 21.5. The van der Waals surface area contributed by atoms with Gasteiger partial charge in [-0.05, 0) is 61.7 Å². The average molecular weight is 560 g/mol. The van der Waals surface area contributed by atoms with Crippen molar-refractivity contribution in [3.05, 3.63) is 94.8 Å². The van der Waals surface area contributed by atoms with Crippen molar-refractivity contribution in [3.8, 4) is 0 Å². The van der Waals surface area contributed by atoms with Crippen LogP contribution >= 0.6 is 11.6 Å². The molecule has 1 N–H and O–H groups in total. The summed E-state index contributed by atoms with van der Waals surface area (Å²) in [5.41, 5.74) is 1.77. The van der Waals surface area contributed by atoms with Gasteiger partial charge in [0.2, 0.25) is 11.8 Å². The van der Waals surface area contributed by atoms with Crippen LogP contribution in [0, 0.1) is 12.7 Å². The standard InChI is InChI=1S/C28H31ClFN3O4S/c1-4-26(28(35)31-5-2)32(18-21-12-10-9-11-20(21)3)27(34)19-33(22-15-16-25(30)24(29)17-22)38(36,37)23-13-7-6-8-14-23/h6-17,26H,4-5,18-19H2,1-3H3,(H,31,35). The lowest BCUT2D eigenvalue weighted by Crippen LogP contribution is -2.52. The number of nitrogens with one attached hydrogen (secondary N) is 1. The molecule has 0 spiro atoms. The number of sulfonamides is 1. The van der Waals surface area contributed by atoms with Gasteiger partial charge in [-0.25, -0.2) is 12.8 Å². The zero-order valence-corrected chi connectivity index (χ0v) is 23.1. The Kier molecular flexibility index (Phi) is 9.88. The summed E-state index contributed by atoms with van der Waals surface area (Å²) in [7, 11) is -4.25. The smallest absolute Gasteiger partial charge is 0.264 e. The Morgan fingerprint density at radius 3 is 2.26 bits per heavy atom. The van der Waals surface area contributed by atoms with Gasteiger partial charge < -0.3 is 10.2 Å². The predicted octanol–water partition coefficient (Wildman–Crippen LogP) is 4.93. The average Bonchev–Trinajstić information content (AvgIpc) is 2.90. The van der Waals surface area contributed by atoms with Crippen molar-refractivity contribution in [1.82, 2.24) is 10.2 Å². The minimum atomic E-state index is -4.25. The summed E-state index contributed by atoms with van der Waals surface area (Å²) < 4.78 is 42.3. The monoisotopic (exact) mass is 559 g/mol. The summed E-state index contributed by atoms with van der Waals surface area (Å²) in [5, 5.41) is 2.48. The fourth-order valence-electron chi connectivity index (χ4n) is 4.07. The van der Waals surface area contributed by atoms with Crippen LogP contribution in [0.3, 0.4) is 0 Å².